The lowest BCUT2D eigenvalue weighted by Crippen LogP contribution is -2.58. The van der Waals surface area contributed by atoms with Crippen LogP contribution in [0, 0.1) is 5.92 Å². The van der Waals surface area contributed by atoms with Gasteiger partial charge in [0.15, 0.2) is 0 Å². The third-order valence-corrected chi connectivity index (χ3v) is 6.84. The molecule has 2 bridgehead atoms. The van der Waals surface area contributed by atoms with Crippen molar-refractivity contribution in [2.45, 2.75) is 50.5 Å². The average Bonchev–Trinajstić information content (AvgIpc) is 2.62. The standard InChI is InChI=1S/C23H29NO/c1-18-22-11-6-13-23(18,20-9-5-10-21(25)17-20)14-16-24(22)15-12-19-7-3-2-4-8-19/h2-5,7-10,17-18,22,25H,6,11-16H2,1H3/t18-,22-,23+/m1/s1. The first-order valence-corrected chi connectivity index (χ1v) is 9.76. The van der Waals surface area contributed by atoms with Gasteiger partial charge in [0.2, 0.25) is 0 Å². The van der Waals surface area contributed by atoms with Crippen molar-refractivity contribution in [2.75, 3.05) is 13.1 Å². The summed E-state index contributed by atoms with van der Waals surface area (Å²) in [6.45, 7) is 4.79. The third kappa shape index (κ3) is 3.08. The number of hydrogen-bond acceptors (Lipinski definition) is 2. The quantitative estimate of drug-likeness (QED) is 0.870. The van der Waals surface area contributed by atoms with Gasteiger partial charge in [-0.3, -0.25) is 4.90 Å². The van der Waals surface area contributed by atoms with Crippen LogP contribution in [0.2, 0.25) is 0 Å². The van der Waals surface area contributed by atoms with Crippen molar-refractivity contribution in [1.29, 1.82) is 0 Å². The number of benzene rings is 2. The van der Waals surface area contributed by atoms with Gasteiger partial charge < -0.3 is 5.11 Å². The summed E-state index contributed by atoms with van der Waals surface area (Å²) in [5, 5.41) is 9.98. The van der Waals surface area contributed by atoms with Crippen molar-refractivity contribution in [3.05, 3.63) is 65.7 Å². The molecule has 0 unspecified atom stereocenters. The molecule has 0 radical (unpaired) electrons. The van der Waals surface area contributed by atoms with E-state index in [1.165, 1.54) is 43.4 Å². The number of hydrogen-bond donors (Lipinski definition) is 1. The number of likely N-dealkylation sites (tertiary alicyclic amines) is 1. The zero-order valence-corrected chi connectivity index (χ0v) is 15.2. The molecule has 2 fully saturated rings. The molecule has 2 aromatic carbocycles. The minimum absolute atomic E-state index is 0.255. The van der Waals surface area contributed by atoms with Crippen LogP contribution in [0.3, 0.4) is 0 Å². The zero-order chi connectivity index (χ0) is 17.3. The first-order chi connectivity index (χ1) is 12.2. The number of fused-ring (bicyclic) bond motifs is 2. The van der Waals surface area contributed by atoms with E-state index in [1.807, 2.05) is 12.1 Å². The predicted octanol–water partition coefficient (Wildman–Crippen LogP) is 4.77. The van der Waals surface area contributed by atoms with Crippen molar-refractivity contribution < 1.29 is 5.11 Å². The monoisotopic (exact) mass is 335 g/mol. The number of aromatic hydroxyl groups is 1. The molecule has 4 rings (SSSR count). The summed E-state index contributed by atoms with van der Waals surface area (Å²) in [4.78, 5) is 2.73. The maximum Gasteiger partial charge on any atom is 0.115 e. The van der Waals surface area contributed by atoms with Crippen molar-refractivity contribution in [3.63, 3.8) is 0 Å². The van der Waals surface area contributed by atoms with Crippen LogP contribution in [0.5, 0.6) is 5.75 Å². The van der Waals surface area contributed by atoms with Crippen LogP contribution in [-0.4, -0.2) is 29.1 Å². The average molecular weight is 335 g/mol. The molecule has 0 amide bonds. The van der Waals surface area contributed by atoms with Crippen LogP contribution in [0.15, 0.2) is 54.6 Å². The Bertz CT molecular complexity index is 713. The summed E-state index contributed by atoms with van der Waals surface area (Å²) >= 11 is 0. The molecule has 25 heavy (non-hydrogen) atoms. The second kappa shape index (κ2) is 6.84. The Kier molecular flexibility index (Phi) is 4.56. The topological polar surface area (TPSA) is 23.5 Å². The molecule has 1 saturated carbocycles. The van der Waals surface area contributed by atoms with Crippen molar-refractivity contribution >= 4 is 0 Å². The van der Waals surface area contributed by atoms with E-state index in [1.54, 1.807) is 6.07 Å². The largest absolute Gasteiger partial charge is 0.508 e. The van der Waals surface area contributed by atoms with Crippen LogP contribution >= 0.6 is 0 Å². The first-order valence-electron chi connectivity index (χ1n) is 9.76. The van der Waals surface area contributed by atoms with Crippen molar-refractivity contribution in [2.24, 2.45) is 5.92 Å². The highest BCUT2D eigenvalue weighted by Gasteiger charge is 2.49. The Hall–Kier alpha value is -1.80. The van der Waals surface area contributed by atoms with E-state index in [2.05, 4.69) is 48.2 Å². The van der Waals surface area contributed by atoms with Crippen molar-refractivity contribution in [3.8, 4) is 5.75 Å². The minimum atomic E-state index is 0.255. The van der Waals surface area contributed by atoms with Gasteiger partial charge in [0.25, 0.3) is 0 Å². The van der Waals surface area contributed by atoms with E-state index in [9.17, 15) is 5.11 Å². The van der Waals surface area contributed by atoms with E-state index in [4.69, 9.17) is 0 Å². The fourth-order valence-corrected chi connectivity index (χ4v) is 5.40. The molecular weight excluding hydrogens is 306 g/mol. The third-order valence-electron chi connectivity index (χ3n) is 6.84. The van der Waals surface area contributed by atoms with E-state index in [0.717, 1.165) is 13.0 Å². The van der Waals surface area contributed by atoms with Crippen LogP contribution in [0.4, 0.5) is 0 Å². The second-order valence-electron chi connectivity index (χ2n) is 7.98. The molecule has 3 atom stereocenters. The molecule has 1 aliphatic carbocycles. The van der Waals surface area contributed by atoms with Crippen LogP contribution in [0.25, 0.3) is 0 Å². The van der Waals surface area contributed by atoms with E-state index in [-0.39, 0.29) is 5.41 Å². The molecule has 2 nitrogen and oxygen atoms in total. The number of rotatable bonds is 4. The van der Waals surface area contributed by atoms with Gasteiger partial charge in [-0.05, 0) is 61.4 Å². The molecular formula is C23H29NO. The summed E-state index contributed by atoms with van der Waals surface area (Å²) < 4.78 is 0. The van der Waals surface area contributed by atoms with Gasteiger partial charge in [-0.1, -0.05) is 55.8 Å². The number of nitrogens with zero attached hydrogens (tertiary/aromatic N) is 1. The Balaban J connectivity index is 1.52. The predicted molar refractivity (Wildman–Crippen MR) is 103 cm³/mol. The molecule has 2 aromatic rings. The molecule has 1 heterocycles. The summed E-state index contributed by atoms with van der Waals surface area (Å²) in [6.07, 6.45) is 6.23. The molecule has 132 valence electrons. The molecule has 1 aliphatic heterocycles. The van der Waals surface area contributed by atoms with E-state index < -0.39 is 0 Å². The van der Waals surface area contributed by atoms with Gasteiger partial charge in [-0.25, -0.2) is 0 Å². The molecule has 0 aromatic heterocycles. The number of phenols is 1. The Labute approximate surface area is 151 Å². The summed E-state index contributed by atoms with van der Waals surface area (Å²) in [7, 11) is 0. The Morgan fingerprint density at radius 1 is 1.08 bits per heavy atom. The van der Waals surface area contributed by atoms with Gasteiger partial charge in [-0.2, -0.15) is 0 Å². The SMILES string of the molecule is C[C@@H]1[C@H]2CCC[C@]1(c1cccc(O)c1)CCN2CCc1ccccc1. The lowest BCUT2D eigenvalue weighted by molar-refractivity contribution is -0.00242. The zero-order valence-electron chi connectivity index (χ0n) is 15.2. The van der Waals surface area contributed by atoms with Gasteiger partial charge in [0.05, 0.1) is 0 Å². The first kappa shape index (κ1) is 16.7. The Morgan fingerprint density at radius 3 is 2.72 bits per heavy atom. The van der Waals surface area contributed by atoms with E-state index in [0.29, 0.717) is 17.7 Å². The fourth-order valence-electron chi connectivity index (χ4n) is 5.40. The van der Waals surface area contributed by atoms with Gasteiger partial charge in [0, 0.05) is 18.0 Å². The second-order valence-corrected chi connectivity index (χ2v) is 7.98. The summed E-state index contributed by atoms with van der Waals surface area (Å²) in [5.41, 5.74) is 3.05. The maximum atomic E-state index is 9.98. The normalized spacial score (nSPS) is 29.5. The highest BCUT2D eigenvalue weighted by Crippen LogP contribution is 2.51. The lowest BCUT2D eigenvalue weighted by atomic mass is 9.57. The Morgan fingerprint density at radius 2 is 1.92 bits per heavy atom. The molecule has 2 aliphatic rings. The highest BCUT2D eigenvalue weighted by molar-refractivity contribution is 5.35. The van der Waals surface area contributed by atoms with Gasteiger partial charge >= 0.3 is 0 Å². The highest BCUT2D eigenvalue weighted by atomic mass is 16.3. The smallest absolute Gasteiger partial charge is 0.115 e. The van der Waals surface area contributed by atoms with Crippen LogP contribution in [-0.2, 0) is 11.8 Å². The fraction of sp³-hybridized carbons (Fsp3) is 0.478. The molecule has 2 heteroatoms. The number of phenolic OH excluding ortho intramolecular Hbond substituents is 1. The van der Waals surface area contributed by atoms with Crippen LogP contribution < -0.4 is 0 Å². The lowest BCUT2D eigenvalue weighted by Gasteiger charge is -2.55. The van der Waals surface area contributed by atoms with Crippen LogP contribution in [0.1, 0.15) is 43.7 Å². The minimum Gasteiger partial charge on any atom is -0.508 e. The van der Waals surface area contributed by atoms with Crippen molar-refractivity contribution in [1.82, 2.24) is 4.90 Å². The van der Waals surface area contributed by atoms with Gasteiger partial charge in [-0.15, -0.1) is 0 Å². The van der Waals surface area contributed by atoms with Gasteiger partial charge in [0.1, 0.15) is 5.75 Å². The maximum absolute atomic E-state index is 9.98. The molecule has 0 spiro atoms. The summed E-state index contributed by atoms with van der Waals surface area (Å²) in [5.74, 6) is 1.06. The number of piperidine rings is 1. The summed E-state index contributed by atoms with van der Waals surface area (Å²) in [6, 6.07) is 19.6. The van der Waals surface area contributed by atoms with E-state index >= 15 is 0 Å². The molecule has 1 N–H and O–H groups in total. The molecule has 1 saturated heterocycles.